The van der Waals surface area contributed by atoms with Gasteiger partial charge in [0, 0.05) is 35.9 Å². The number of amides is 2. The third-order valence-electron chi connectivity index (χ3n) is 5.27. The number of rotatable bonds is 3. The molecule has 0 spiro atoms. The van der Waals surface area contributed by atoms with Crippen molar-refractivity contribution in [2.75, 3.05) is 30.0 Å². The Bertz CT molecular complexity index is 957. The quantitative estimate of drug-likeness (QED) is 0.745. The van der Waals surface area contributed by atoms with Gasteiger partial charge in [-0.05, 0) is 54.4 Å². The maximum Gasteiger partial charge on any atom is 0.337 e. The molecular formula is C21H19ClN2O4. The van der Waals surface area contributed by atoms with Crippen LogP contribution in [0.2, 0.25) is 5.02 Å². The highest BCUT2D eigenvalue weighted by atomic mass is 35.5. The monoisotopic (exact) mass is 398 g/mol. The van der Waals surface area contributed by atoms with Crippen LogP contribution in [-0.2, 0) is 20.7 Å². The number of fused-ring (bicyclic) bond motifs is 1. The summed E-state index contributed by atoms with van der Waals surface area (Å²) < 4.78 is 4.75. The first-order valence-electron chi connectivity index (χ1n) is 9.06. The van der Waals surface area contributed by atoms with Gasteiger partial charge in [0.05, 0.1) is 18.6 Å². The Hall–Kier alpha value is -2.86. The van der Waals surface area contributed by atoms with Crippen molar-refractivity contribution >= 4 is 40.8 Å². The molecule has 144 valence electrons. The molecule has 2 amide bonds. The van der Waals surface area contributed by atoms with E-state index in [1.807, 2.05) is 0 Å². The van der Waals surface area contributed by atoms with Crippen LogP contribution in [0.3, 0.4) is 0 Å². The van der Waals surface area contributed by atoms with Crippen molar-refractivity contribution < 1.29 is 19.1 Å². The number of hydrogen-bond donors (Lipinski definition) is 0. The number of methoxy groups -OCH3 is 1. The topological polar surface area (TPSA) is 66.9 Å². The molecule has 1 unspecified atom stereocenters. The van der Waals surface area contributed by atoms with E-state index in [4.69, 9.17) is 16.3 Å². The summed E-state index contributed by atoms with van der Waals surface area (Å²) in [7, 11) is 1.34. The van der Waals surface area contributed by atoms with Crippen molar-refractivity contribution in [1.29, 1.82) is 0 Å². The number of esters is 1. The molecule has 2 aliphatic rings. The van der Waals surface area contributed by atoms with Crippen molar-refractivity contribution in [1.82, 2.24) is 0 Å². The number of halogens is 1. The molecule has 0 N–H and O–H groups in total. The number of carbonyl (C=O) groups excluding carboxylic acids is 3. The van der Waals surface area contributed by atoms with Crippen LogP contribution in [0.15, 0.2) is 42.5 Å². The highest BCUT2D eigenvalue weighted by Gasteiger charge is 2.39. The van der Waals surface area contributed by atoms with Gasteiger partial charge in [0.2, 0.25) is 11.8 Å². The summed E-state index contributed by atoms with van der Waals surface area (Å²) in [5.41, 5.74) is 2.96. The summed E-state index contributed by atoms with van der Waals surface area (Å²) >= 11 is 5.91. The van der Waals surface area contributed by atoms with E-state index in [2.05, 4.69) is 0 Å². The molecular weight excluding hydrogens is 380 g/mol. The Kier molecular flexibility index (Phi) is 4.81. The first-order chi connectivity index (χ1) is 13.5. The van der Waals surface area contributed by atoms with E-state index in [0.29, 0.717) is 30.1 Å². The summed E-state index contributed by atoms with van der Waals surface area (Å²) in [5, 5.41) is 0.600. The van der Waals surface area contributed by atoms with Gasteiger partial charge in [-0.2, -0.15) is 0 Å². The normalized spacial score (nSPS) is 18.4. The average Bonchev–Trinajstić information content (AvgIpc) is 3.30. The molecule has 0 saturated carbocycles. The second-order valence-corrected chi connectivity index (χ2v) is 7.39. The highest BCUT2D eigenvalue weighted by molar-refractivity contribution is 6.30. The van der Waals surface area contributed by atoms with Crippen molar-refractivity contribution in [3.63, 3.8) is 0 Å². The van der Waals surface area contributed by atoms with E-state index in [9.17, 15) is 14.4 Å². The maximum absolute atomic E-state index is 13.1. The number of carbonyl (C=O) groups is 3. The van der Waals surface area contributed by atoms with Gasteiger partial charge in [-0.1, -0.05) is 11.6 Å². The SMILES string of the molecule is COC(=O)c1ccc2c(c1)CCN2C(=O)C1CC(=O)N(c2ccc(Cl)cc2)C1. The molecule has 0 aliphatic carbocycles. The predicted octanol–water partition coefficient (Wildman–Crippen LogP) is 3.07. The number of nitrogens with zero attached hydrogens (tertiary/aromatic N) is 2. The molecule has 0 bridgehead atoms. The Labute approximate surface area is 167 Å². The third kappa shape index (κ3) is 3.24. The van der Waals surface area contributed by atoms with Crippen LogP contribution in [0, 0.1) is 5.92 Å². The van der Waals surface area contributed by atoms with E-state index in [0.717, 1.165) is 16.9 Å². The maximum atomic E-state index is 13.1. The molecule has 1 atom stereocenters. The van der Waals surface area contributed by atoms with E-state index in [-0.39, 0.29) is 18.2 Å². The Morgan fingerprint density at radius 2 is 1.89 bits per heavy atom. The fourth-order valence-electron chi connectivity index (χ4n) is 3.84. The van der Waals surface area contributed by atoms with Gasteiger partial charge < -0.3 is 14.5 Å². The first kappa shape index (κ1) is 18.5. The number of ether oxygens (including phenoxy) is 1. The minimum atomic E-state index is -0.396. The lowest BCUT2D eigenvalue weighted by molar-refractivity contribution is -0.124. The van der Waals surface area contributed by atoms with Crippen LogP contribution in [0.1, 0.15) is 22.3 Å². The third-order valence-corrected chi connectivity index (χ3v) is 5.53. The summed E-state index contributed by atoms with van der Waals surface area (Å²) in [6.07, 6.45) is 0.862. The van der Waals surface area contributed by atoms with Crippen LogP contribution in [0.4, 0.5) is 11.4 Å². The zero-order valence-corrected chi connectivity index (χ0v) is 16.1. The summed E-state index contributed by atoms with van der Waals surface area (Å²) in [6.45, 7) is 0.899. The van der Waals surface area contributed by atoms with Gasteiger partial charge >= 0.3 is 5.97 Å². The van der Waals surface area contributed by atoms with E-state index in [1.165, 1.54) is 7.11 Å². The standard InChI is InChI=1S/C21H19ClN2O4/c1-28-21(27)14-2-7-18-13(10-14)8-9-23(18)20(26)15-11-19(25)24(12-15)17-5-3-16(22)4-6-17/h2-7,10,15H,8-9,11-12H2,1H3. The first-order valence-corrected chi connectivity index (χ1v) is 9.44. The number of benzene rings is 2. The van der Waals surface area contributed by atoms with Crippen LogP contribution in [0.25, 0.3) is 0 Å². The Morgan fingerprint density at radius 3 is 2.61 bits per heavy atom. The molecule has 28 heavy (non-hydrogen) atoms. The molecule has 0 aromatic heterocycles. The van der Waals surface area contributed by atoms with Gasteiger partial charge in [-0.3, -0.25) is 9.59 Å². The fourth-order valence-corrected chi connectivity index (χ4v) is 3.97. The predicted molar refractivity (Wildman–Crippen MR) is 106 cm³/mol. The van der Waals surface area contributed by atoms with Gasteiger partial charge in [-0.15, -0.1) is 0 Å². The molecule has 2 aromatic carbocycles. The van der Waals surface area contributed by atoms with Crippen molar-refractivity contribution in [2.24, 2.45) is 5.92 Å². The molecule has 1 fully saturated rings. The van der Waals surface area contributed by atoms with Crippen LogP contribution >= 0.6 is 11.6 Å². The highest BCUT2D eigenvalue weighted by Crippen LogP contribution is 2.33. The lowest BCUT2D eigenvalue weighted by Gasteiger charge is -2.22. The second kappa shape index (κ2) is 7.28. The lowest BCUT2D eigenvalue weighted by Crippen LogP contribution is -2.36. The summed E-state index contributed by atoms with van der Waals surface area (Å²) in [4.78, 5) is 40.6. The smallest absolute Gasteiger partial charge is 0.337 e. The van der Waals surface area contributed by atoms with Crippen LogP contribution in [0.5, 0.6) is 0 Å². The second-order valence-electron chi connectivity index (χ2n) is 6.96. The Morgan fingerprint density at radius 1 is 1.14 bits per heavy atom. The Balaban J connectivity index is 1.51. The summed E-state index contributed by atoms with van der Waals surface area (Å²) in [5.74, 6) is -0.919. The van der Waals surface area contributed by atoms with Crippen molar-refractivity contribution in [2.45, 2.75) is 12.8 Å². The van der Waals surface area contributed by atoms with E-state index in [1.54, 1.807) is 52.3 Å². The van der Waals surface area contributed by atoms with E-state index >= 15 is 0 Å². The largest absolute Gasteiger partial charge is 0.465 e. The zero-order chi connectivity index (χ0) is 19.8. The molecule has 2 heterocycles. The van der Waals surface area contributed by atoms with Gasteiger partial charge in [-0.25, -0.2) is 4.79 Å². The van der Waals surface area contributed by atoms with Crippen molar-refractivity contribution in [3.8, 4) is 0 Å². The number of hydrogen-bond acceptors (Lipinski definition) is 4. The molecule has 1 saturated heterocycles. The van der Waals surface area contributed by atoms with Gasteiger partial charge in [0.15, 0.2) is 0 Å². The van der Waals surface area contributed by atoms with Crippen LogP contribution < -0.4 is 9.80 Å². The molecule has 7 heteroatoms. The zero-order valence-electron chi connectivity index (χ0n) is 15.4. The molecule has 4 rings (SSSR count). The van der Waals surface area contributed by atoms with Gasteiger partial charge in [0.25, 0.3) is 0 Å². The molecule has 6 nitrogen and oxygen atoms in total. The minimum Gasteiger partial charge on any atom is -0.465 e. The lowest BCUT2D eigenvalue weighted by atomic mass is 10.1. The minimum absolute atomic E-state index is 0.0608. The summed E-state index contributed by atoms with van der Waals surface area (Å²) in [6, 6.07) is 12.2. The molecule has 2 aliphatic heterocycles. The van der Waals surface area contributed by atoms with Crippen LogP contribution in [-0.4, -0.2) is 38.0 Å². The molecule has 2 aromatic rings. The van der Waals surface area contributed by atoms with Crippen molar-refractivity contribution in [3.05, 3.63) is 58.6 Å². The van der Waals surface area contributed by atoms with E-state index < -0.39 is 11.9 Å². The number of anilines is 2. The molecule has 0 radical (unpaired) electrons. The fraction of sp³-hybridized carbons (Fsp3) is 0.286. The average molecular weight is 399 g/mol. The van der Waals surface area contributed by atoms with Gasteiger partial charge in [0.1, 0.15) is 0 Å².